The largest absolute Gasteiger partial charge is 0.480 e. The van der Waals surface area contributed by atoms with Crippen LogP contribution in [-0.2, 0) is 14.3 Å². The van der Waals surface area contributed by atoms with Gasteiger partial charge in [-0.25, -0.2) is 4.79 Å². The molecule has 0 spiro atoms. The molecular weight excluding hydrogens is 264 g/mol. The smallest absolute Gasteiger partial charge is 0.335 e. The van der Waals surface area contributed by atoms with Crippen LogP contribution >= 0.6 is 15.9 Å². The molecule has 0 fully saturated rings. The van der Waals surface area contributed by atoms with Crippen LogP contribution in [0.4, 0.5) is 0 Å². The molecule has 1 N–H and O–H groups in total. The number of hydrogen-bond acceptors (Lipinski definition) is 3. The summed E-state index contributed by atoms with van der Waals surface area (Å²) in [6.07, 6.45) is 0.388. The summed E-state index contributed by atoms with van der Waals surface area (Å²) < 4.78 is 3.38. The van der Waals surface area contributed by atoms with Crippen LogP contribution in [-0.4, -0.2) is 27.5 Å². The number of esters is 1. The van der Waals surface area contributed by atoms with Gasteiger partial charge in [-0.05, 0) is 19.3 Å². The van der Waals surface area contributed by atoms with E-state index in [1.165, 1.54) is 0 Å². The Bertz CT molecular complexity index is 252. The normalized spacial score (nSPS) is 16.9. The average Bonchev–Trinajstić information content (AvgIpc) is 2.15. The van der Waals surface area contributed by atoms with Crippen molar-refractivity contribution in [1.82, 2.24) is 0 Å². The first kappa shape index (κ1) is 14.4. The fourth-order valence-electron chi connectivity index (χ4n) is 0.922. The van der Waals surface area contributed by atoms with Crippen molar-refractivity contribution in [3.8, 4) is 0 Å². The monoisotopic (exact) mass is 280 g/mol. The molecule has 0 saturated carbocycles. The van der Waals surface area contributed by atoms with E-state index in [4.69, 9.17) is 9.84 Å². The summed E-state index contributed by atoms with van der Waals surface area (Å²) in [5, 5.41) is 9.01. The third-order valence-electron chi connectivity index (χ3n) is 2.29. The predicted octanol–water partition coefficient (Wildman–Crippen LogP) is 2.20. The maximum absolute atomic E-state index is 11.7. The van der Waals surface area contributed by atoms with Crippen molar-refractivity contribution in [2.45, 2.75) is 44.5 Å². The predicted molar refractivity (Wildman–Crippen MR) is 60.0 cm³/mol. The van der Waals surface area contributed by atoms with Gasteiger partial charge in [0.2, 0.25) is 4.32 Å². The van der Waals surface area contributed by atoms with Crippen LogP contribution in [0.1, 0.15) is 34.1 Å². The number of carbonyl (C=O) groups is 2. The number of hydrogen-bond donors (Lipinski definition) is 1. The Balaban J connectivity index is 4.80. The van der Waals surface area contributed by atoms with Gasteiger partial charge < -0.3 is 9.84 Å². The Morgan fingerprint density at radius 1 is 1.40 bits per heavy atom. The lowest BCUT2D eigenvalue weighted by Gasteiger charge is -2.26. The van der Waals surface area contributed by atoms with Crippen LogP contribution in [0, 0.1) is 5.92 Å². The number of rotatable bonds is 5. The molecule has 0 aliphatic heterocycles. The van der Waals surface area contributed by atoms with Crippen molar-refractivity contribution in [2.24, 2.45) is 5.92 Å². The van der Waals surface area contributed by atoms with Crippen molar-refractivity contribution >= 4 is 27.9 Å². The van der Waals surface area contributed by atoms with E-state index in [0.29, 0.717) is 6.42 Å². The van der Waals surface area contributed by atoms with Crippen LogP contribution < -0.4 is 0 Å². The van der Waals surface area contributed by atoms with E-state index in [0.717, 1.165) is 0 Å². The van der Waals surface area contributed by atoms with E-state index >= 15 is 0 Å². The molecule has 0 bridgehead atoms. The number of ether oxygens (including phenoxy) is 1. The average molecular weight is 281 g/mol. The minimum atomic E-state index is -1.64. The summed E-state index contributed by atoms with van der Waals surface area (Å²) in [5.74, 6) is -2.34. The molecule has 4 nitrogen and oxygen atoms in total. The van der Waals surface area contributed by atoms with E-state index in [2.05, 4.69) is 15.9 Å². The van der Waals surface area contributed by atoms with Crippen molar-refractivity contribution < 1.29 is 19.4 Å². The lowest BCUT2D eigenvalue weighted by Crippen LogP contribution is -2.47. The fourth-order valence-corrected chi connectivity index (χ4v) is 1.02. The van der Waals surface area contributed by atoms with Crippen LogP contribution in [0.2, 0.25) is 0 Å². The molecule has 0 aromatic rings. The van der Waals surface area contributed by atoms with Gasteiger partial charge in [0.1, 0.15) is 0 Å². The summed E-state index contributed by atoms with van der Waals surface area (Å²) in [6.45, 7) is 6.90. The molecule has 0 radical (unpaired) electrons. The quantitative estimate of drug-likeness (QED) is 0.476. The highest BCUT2D eigenvalue weighted by atomic mass is 79.9. The molecule has 0 amide bonds. The van der Waals surface area contributed by atoms with Gasteiger partial charge in [-0.2, -0.15) is 0 Å². The van der Waals surface area contributed by atoms with Crippen molar-refractivity contribution in [3.05, 3.63) is 0 Å². The summed E-state index contributed by atoms with van der Waals surface area (Å²) in [4.78, 5) is 22.7. The minimum Gasteiger partial charge on any atom is -0.480 e. The second-order valence-electron chi connectivity index (χ2n) is 3.80. The standard InChI is InChI=1S/C10H17BrO4/c1-5-7(4)15-9(14)10(11,6(2)3)8(12)13/h6-7H,5H2,1-4H3,(H,12,13). The van der Waals surface area contributed by atoms with Crippen LogP contribution in [0.25, 0.3) is 0 Å². The molecule has 0 aliphatic carbocycles. The first-order chi connectivity index (χ1) is 6.76. The SMILES string of the molecule is CCC(C)OC(=O)C(Br)(C(=O)O)C(C)C. The minimum absolute atomic E-state index is 0.271. The molecule has 2 atom stereocenters. The van der Waals surface area contributed by atoms with Gasteiger partial charge in [0.05, 0.1) is 6.10 Å². The molecule has 0 heterocycles. The maximum Gasteiger partial charge on any atom is 0.335 e. The van der Waals surface area contributed by atoms with Gasteiger partial charge in [-0.3, -0.25) is 4.79 Å². The van der Waals surface area contributed by atoms with Crippen molar-refractivity contribution in [2.75, 3.05) is 0 Å². The number of alkyl halides is 1. The lowest BCUT2D eigenvalue weighted by atomic mass is 9.96. The van der Waals surface area contributed by atoms with Gasteiger partial charge in [-0.15, -0.1) is 0 Å². The summed E-state index contributed by atoms with van der Waals surface area (Å²) in [5.41, 5.74) is 0. The van der Waals surface area contributed by atoms with Crippen molar-refractivity contribution in [3.63, 3.8) is 0 Å². The highest BCUT2D eigenvalue weighted by molar-refractivity contribution is 9.10. The van der Waals surface area contributed by atoms with Gasteiger partial charge in [-0.1, -0.05) is 36.7 Å². The lowest BCUT2D eigenvalue weighted by molar-refractivity contribution is -0.160. The van der Waals surface area contributed by atoms with Crippen molar-refractivity contribution in [1.29, 1.82) is 0 Å². The summed E-state index contributed by atoms with van der Waals surface area (Å²) in [6, 6.07) is 0. The Morgan fingerprint density at radius 3 is 2.13 bits per heavy atom. The molecule has 0 aliphatic rings. The Hall–Kier alpha value is -0.580. The first-order valence-corrected chi connectivity index (χ1v) is 5.69. The third kappa shape index (κ3) is 3.19. The van der Waals surface area contributed by atoms with Crippen LogP contribution in [0.5, 0.6) is 0 Å². The van der Waals surface area contributed by atoms with Gasteiger partial charge in [0, 0.05) is 0 Å². The van der Waals surface area contributed by atoms with E-state index in [9.17, 15) is 9.59 Å². The first-order valence-electron chi connectivity index (χ1n) is 4.90. The molecule has 2 unspecified atom stereocenters. The highest BCUT2D eigenvalue weighted by Gasteiger charge is 2.48. The zero-order valence-electron chi connectivity index (χ0n) is 9.41. The topological polar surface area (TPSA) is 63.6 Å². The second-order valence-corrected chi connectivity index (χ2v) is 5.05. The van der Waals surface area contributed by atoms with Crippen LogP contribution in [0.3, 0.4) is 0 Å². The number of carboxylic acid groups (broad SMARTS) is 1. The Labute approximate surface area is 98.1 Å². The molecule has 0 aromatic carbocycles. The van der Waals surface area contributed by atoms with E-state index in [-0.39, 0.29) is 12.0 Å². The maximum atomic E-state index is 11.7. The van der Waals surface area contributed by atoms with E-state index < -0.39 is 16.3 Å². The third-order valence-corrected chi connectivity index (χ3v) is 3.87. The van der Waals surface area contributed by atoms with Crippen LogP contribution in [0.15, 0.2) is 0 Å². The molecule has 5 heteroatoms. The second kappa shape index (κ2) is 5.49. The van der Waals surface area contributed by atoms with Gasteiger partial charge >= 0.3 is 11.9 Å². The summed E-state index contributed by atoms with van der Waals surface area (Å²) in [7, 11) is 0. The molecule has 15 heavy (non-hydrogen) atoms. The Kier molecular flexibility index (Phi) is 5.28. The number of aliphatic carboxylic acids is 1. The van der Waals surface area contributed by atoms with E-state index in [1.54, 1.807) is 20.8 Å². The fraction of sp³-hybridized carbons (Fsp3) is 0.800. The molecule has 88 valence electrons. The van der Waals surface area contributed by atoms with Gasteiger partial charge in [0.15, 0.2) is 0 Å². The molecule has 0 saturated heterocycles. The van der Waals surface area contributed by atoms with Gasteiger partial charge in [0.25, 0.3) is 0 Å². The molecular formula is C10H17BrO4. The highest BCUT2D eigenvalue weighted by Crippen LogP contribution is 2.30. The zero-order valence-corrected chi connectivity index (χ0v) is 11.0. The van der Waals surface area contributed by atoms with E-state index in [1.807, 2.05) is 6.92 Å². The Morgan fingerprint density at radius 2 is 1.87 bits per heavy atom. The molecule has 0 aromatic heterocycles. The number of carbonyl (C=O) groups excluding carboxylic acids is 1. The summed E-state index contributed by atoms with van der Waals surface area (Å²) >= 11 is 2.96. The number of carboxylic acids is 1. The zero-order chi connectivity index (χ0) is 12.2. The number of halogens is 1. The molecule has 0 rings (SSSR count).